The van der Waals surface area contributed by atoms with Crippen LogP contribution in [0.3, 0.4) is 0 Å². The van der Waals surface area contributed by atoms with Crippen molar-refractivity contribution in [3.63, 3.8) is 0 Å². The van der Waals surface area contributed by atoms with Crippen LogP contribution in [0.25, 0.3) is 11.1 Å². The minimum atomic E-state index is 0.0781. The molecule has 0 spiro atoms. The van der Waals surface area contributed by atoms with Gasteiger partial charge in [-0.15, -0.1) is 0 Å². The van der Waals surface area contributed by atoms with Gasteiger partial charge in [0.1, 0.15) is 5.75 Å². The molecule has 4 heteroatoms. The smallest absolute Gasteiger partial charge is 0.254 e. The fourth-order valence-corrected chi connectivity index (χ4v) is 2.96. The average molecular weight is 339 g/mol. The molecule has 2 aromatic rings. The molecule has 0 aliphatic carbocycles. The van der Waals surface area contributed by atoms with Crippen LogP contribution in [0.1, 0.15) is 29.3 Å². The summed E-state index contributed by atoms with van der Waals surface area (Å²) in [5, 5.41) is 0. The van der Waals surface area contributed by atoms with Crippen molar-refractivity contribution in [3.8, 4) is 16.9 Å². The summed E-state index contributed by atoms with van der Waals surface area (Å²) in [7, 11) is 0. The molecular formula is C21H25NO3. The van der Waals surface area contributed by atoms with Crippen molar-refractivity contribution in [2.24, 2.45) is 0 Å². The fourth-order valence-electron chi connectivity index (χ4n) is 2.96. The number of aryl methyl sites for hydroxylation is 1. The maximum atomic E-state index is 12.5. The number of carbonyl (C=O) groups is 1. The van der Waals surface area contributed by atoms with E-state index in [1.54, 1.807) is 0 Å². The van der Waals surface area contributed by atoms with E-state index in [0.717, 1.165) is 41.0 Å². The van der Waals surface area contributed by atoms with Crippen LogP contribution < -0.4 is 4.74 Å². The number of hydrogen-bond acceptors (Lipinski definition) is 3. The van der Waals surface area contributed by atoms with Crippen LogP contribution in [0.5, 0.6) is 5.75 Å². The highest BCUT2D eigenvalue weighted by Crippen LogP contribution is 2.27. The maximum Gasteiger partial charge on any atom is 0.254 e. The molecule has 0 unspecified atom stereocenters. The largest absolute Gasteiger partial charge is 0.493 e. The zero-order chi connectivity index (χ0) is 17.6. The van der Waals surface area contributed by atoms with Gasteiger partial charge in [0.15, 0.2) is 0 Å². The Bertz CT molecular complexity index is 718. The van der Waals surface area contributed by atoms with Crippen LogP contribution >= 0.6 is 0 Å². The summed E-state index contributed by atoms with van der Waals surface area (Å²) in [5.41, 5.74) is 4.08. The van der Waals surface area contributed by atoms with E-state index in [2.05, 4.69) is 26.0 Å². The quantitative estimate of drug-likeness (QED) is 0.829. The van der Waals surface area contributed by atoms with Gasteiger partial charge in [0.25, 0.3) is 5.91 Å². The second-order valence-electron chi connectivity index (χ2n) is 6.31. The Hall–Kier alpha value is -2.33. The zero-order valence-electron chi connectivity index (χ0n) is 15.0. The first-order valence-electron chi connectivity index (χ1n) is 8.90. The molecule has 0 atom stereocenters. The second-order valence-corrected chi connectivity index (χ2v) is 6.31. The second kappa shape index (κ2) is 8.17. The normalized spacial score (nSPS) is 14.4. The van der Waals surface area contributed by atoms with E-state index in [1.807, 2.05) is 35.2 Å². The highest BCUT2D eigenvalue weighted by Gasteiger charge is 2.18. The average Bonchev–Trinajstić information content (AvgIpc) is 2.67. The van der Waals surface area contributed by atoms with Crippen molar-refractivity contribution in [3.05, 3.63) is 53.6 Å². The topological polar surface area (TPSA) is 38.8 Å². The van der Waals surface area contributed by atoms with Crippen molar-refractivity contribution >= 4 is 5.91 Å². The molecule has 0 N–H and O–H groups in total. The molecule has 1 heterocycles. The third-order valence-electron chi connectivity index (χ3n) is 4.40. The molecule has 2 aromatic carbocycles. The number of carbonyl (C=O) groups excluding carboxylic acids is 1. The maximum absolute atomic E-state index is 12.5. The number of amides is 1. The van der Waals surface area contributed by atoms with E-state index in [4.69, 9.17) is 9.47 Å². The van der Waals surface area contributed by atoms with E-state index >= 15 is 0 Å². The number of morpholine rings is 1. The van der Waals surface area contributed by atoms with Crippen molar-refractivity contribution < 1.29 is 14.3 Å². The third-order valence-corrected chi connectivity index (χ3v) is 4.40. The number of rotatable bonds is 5. The molecule has 1 aliphatic heterocycles. The van der Waals surface area contributed by atoms with Gasteiger partial charge in [0, 0.05) is 18.7 Å². The minimum absolute atomic E-state index is 0.0781. The Morgan fingerprint density at radius 2 is 1.76 bits per heavy atom. The summed E-state index contributed by atoms with van der Waals surface area (Å²) in [6.45, 7) is 7.47. The molecule has 4 nitrogen and oxygen atoms in total. The Balaban J connectivity index is 1.73. The summed E-state index contributed by atoms with van der Waals surface area (Å²) in [5.74, 6) is 1.01. The third kappa shape index (κ3) is 4.20. The summed E-state index contributed by atoms with van der Waals surface area (Å²) in [6.07, 6.45) is 1.000. The predicted molar refractivity (Wildman–Crippen MR) is 99.1 cm³/mol. The lowest BCUT2D eigenvalue weighted by Crippen LogP contribution is -2.40. The van der Waals surface area contributed by atoms with E-state index in [0.29, 0.717) is 26.3 Å². The summed E-state index contributed by atoms with van der Waals surface area (Å²) in [4.78, 5) is 14.4. The van der Waals surface area contributed by atoms with Crippen LogP contribution in [0, 0.1) is 6.92 Å². The first-order valence-corrected chi connectivity index (χ1v) is 8.90. The minimum Gasteiger partial charge on any atom is -0.493 e. The van der Waals surface area contributed by atoms with Crippen LogP contribution in [-0.4, -0.2) is 43.7 Å². The van der Waals surface area contributed by atoms with Gasteiger partial charge in [-0.05, 0) is 54.3 Å². The molecule has 1 fully saturated rings. The van der Waals surface area contributed by atoms with Gasteiger partial charge in [-0.1, -0.05) is 25.1 Å². The van der Waals surface area contributed by atoms with E-state index in [-0.39, 0.29) is 5.91 Å². The highest BCUT2D eigenvalue weighted by molar-refractivity contribution is 5.94. The van der Waals surface area contributed by atoms with Gasteiger partial charge in [0.2, 0.25) is 0 Å². The lowest BCUT2D eigenvalue weighted by molar-refractivity contribution is 0.0303. The fraction of sp³-hybridized carbons (Fsp3) is 0.381. The van der Waals surface area contributed by atoms with E-state index < -0.39 is 0 Å². The Labute approximate surface area is 149 Å². The SMILES string of the molecule is CCCOc1ccc(-c2ccc(C(=O)N3CCOCC3)cc2)cc1C. The van der Waals surface area contributed by atoms with Crippen molar-refractivity contribution in [2.45, 2.75) is 20.3 Å². The molecule has 3 rings (SSSR count). The predicted octanol–water partition coefficient (Wildman–Crippen LogP) is 3.92. The molecule has 1 saturated heterocycles. The monoisotopic (exact) mass is 339 g/mol. The van der Waals surface area contributed by atoms with Gasteiger partial charge in [-0.25, -0.2) is 0 Å². The molecule has 1 amide bonds. The van der Waals surface area contributed by atoms with E-state index in [9.17, 15) is 4.79 Å². The Morgan fingerprint density at radius 3 is 2.40 bits per heavy atom. The molecule has 25 heavy (non-hydrogen) atoms. The number of benzene rings is 2. The lowest BCUT2D eigenvalue weighted by Gasteiger charge is -2.26. The molecule has 0 radical (unpaired) electrons. The summed E-state index contributed by atoms with van der Waals surface area (Å²) >= 11 is 0. The highest BCUT2D eigenvalue weighted by atomic mass is 16.5. The summed E-state index contributed by atoms with van der Waals surface area (Å²) in [6, 6.07) is 14.0. The number of ether oxygens (including phenoxy) is 2. The first kappa shape index (κ1) is 17.5. The molecule has 132 valence electrons. The molecule has 1 aliphatic rings. The molecular weight excluding hydrogens is 314 g/mol. The van der Waals surface area contributed by atoms with Gasteiger partial charge in [0.05, 0.1) is 19.8 Å². The van der Waals surface area contributed by atoms with Gasteiger partial charge in [-0.2, -0.15) is 0 Å². The number of hydrogen-bond donors (Lipinski definition) is 0. The molecule has 0 aromatic heterocycles. The van der Waals surface area contributed by atoms with Crippen LogP contribution in [0.15, 0.2) is 42.5 Å². The van der Waals surface area contributed by atoms with Gasteiger partial charge < -0.3 is 14.4 Å². The van der Waals surface area contributed by atoms with Crippen LogP contribution in [0.4, 0.5) is 0 Å². The van der Waals surface area contributed by atoms with Crippen molar-refractivity contribution in [1.82, 2.24) is 4.90 Å². The molecule has 0 saturated carbocycles. The van der Waals surface area contributed by atoms with Gasteiger partial charge >= 0.3 is 0 Å². The molecule has 0 bridgehead atoms. The number of nitrogens with zero attached hydrogens (tertiary/aromatic N) is 1. The zero-order valence-corrected chi connectivity index (χ0v) is 15.0. The van der Waals surface area contributed by atoms with E-state index in [1.165, 1.54) is 0 Å². The van der Waals surface area contributed by atoms with Crippen molar-refractivity contribution in [1.29, 1.82) is 0 Å². The first-order chi connectivity index (χ1) is 12.2. The van der Waals surface area contributed by atoms with Crippen LogP contribution in [-0.2, 0) is 4.74 Å². The summed E-state index contributed by atoms with van der Waals surface area (Å²) < 4.78 is 11.0. The Kier molecular flexibility index (Phi) is 5.71. The standard InChI is InChI=1S/C21H25NO3/c1-3-12-25-20-9-8-19(15-16(20)2)17-4-6-18(7-5-17)21(23)22-10-13-24-14-11-22/h4-9,15H,3,10-14H2,1-2H3. The van der Waals surface area contributed by atoms with Crippen molar-refractivity contribution in [2.75, 3.05) is 32.9 Å². The Morgan fingerprint density at radius 1 is 1.08 bits per heavy atom. The lowest BCUT2D eigenvalue weighted by atomic mass is 10.0. The van der Waals surface area contributed by atoms with Gasteiger partial charge in [-0.3, -0.25) is 4.79 Å². The van der Waals surface area contributed by atoms with Crippen LogP contribution in [0.2, 0.25) is 0 Å².